The van der Waals surface area contributed by atoms with Gasteiger partial charge in [-0.3, -0.25) is 4.79 Å². The Balaban J connectivity index is 1.64. The molecule has 1 aliphatic rings. The quantitative estimate of drug-likeness (QED) is 0.909. The Morgan fingerprint density at radius 1 is 1.50 bits per heavy atom. The van der Waals surface area contributed by atoms with Gasteiger partial charge in [0.15, 0.2) is 0 Å². The lowest BCUT2D eigenvalue weighted by atomic mass is 10.1. The number of carbonyl (C=O) groups excluding carboxylic acids is 1. The molecule has 2 N–H and O–H groups in total. The standard InChI is InChI=1S/C15H17N3OS/c1-2-12-8-17-14(20-12)9-18-15(19)11-4-3-10-5-6-16-13(10)7-11/h3-4,7-8,16H,2,5-6,9H2,1H3,(H,18,19). The van der Waals surface area contributed by atoms with E-state index in [1.165, 1.54) is 10.4 Å². The summed E-state index contributed by atoms with van der Waals surface area (Å²) in [5.41, 5.74) is 3.07. The molecule has 5 heteroatoms. The normalized spacial score (nSPS) is 12.8. The first-order valence-electron chi connectivity index (χ1n) is 6.85. The largest absolute Gasteiger partial charge is 0.384 e. The van der Waals surface area contributed by atoms with Crippen molar-refractivity contribution in [3.8, 4) is 0 Å². The van der Waals surface area contributed by atoms with Crippen LogP contribution in [0.15, 0.2) is 24.4 Å². The number of aryl methyl sites for hydroxylation is 1. The number of carbonyl (C=O) groups is 1. The topological polar surface area (TPSA) is 54.0 Å². The van der Waals surface area contributed by atoms with Gasteiger partial charge in [0.1, 0.15) is 5.01 Å². The number of thiazole rings is 1. The molecule has 104 valence electrons. The highest BCUT2D eigenvalue weighted by Crippen LogP contribution is 2.23. The predicted octanol–water partition coefficient (Wildman–Crippen LogP) is 2.60. The summed E-state index contributed by atoms with van der Waals surface area (Å²) in [6.07, 6.45) is 3.91. The van der Waals surface area contributed by atoms with E-state index in [-0.39, 0.29) is 5.91 Å². The minimum atomic E-state index is -0.0465. The minimum absolute atomic E-state index is 0.0465. The first-order valence-corrected chi connectivity index (χ1v) is 7.66. The van der Waals surface area contributed by atoms with Gasteiger partial charge >= 0.3 is 0 Å². The third-order valence-electron chi connectivity index (χ3n) is 3.43. The summed E-state index contributed by atoms with van der Waals surface area (Å²) in [6.45, 7) is 3.56. The van der Waals surface area contributed by atoms with E-state index in [2.05, 4.69) is 22.5 Å². The minimum Gasteiger partial charge on any atom is -0.384 e. The molecular formula is C15H17N3OS. The molecule has 0 spiro atoms. The number of benzene rings is 1. The lowest BCUT2D eigenvalue weighted by Gasteiger charge is -2.05. The maximum atomic E-state index is 12.1. The van der Waals surface area contributed by atoms with Gasteiger partial charge in [-0.15, -0.1) is 11.3 Å². The van der Waals surface area contributed by atoms with Crippen LogP contribution in [0.3, 0.4) is 0 Å². The van der Waals surface area contributed by atoms with Gasteiger partial charge in [-0.25, -0.2) is 4.98 Å². The van der Waals surface area contributed by atoms with Gasteiger partial charge in [-0.1, -0.05) is 13.0 Å². The van der Waals surface area contributed by atoms with Gasteiger partial charge in [0.2, 0.25) is 0 Å². The van der Waals surface area contributed by atoms with Crippen LogP contribution in [-0.4, -0.2) is 17.4 Å². The second kappa shape index (κ2) is 5.63. The van der Waals surface area contributed by atoms with Crippen LogP contribution in [0.4, 0.5) is 5.69 Å². The molecule has 0 atom stereocenters. The summed E-state index contributed by atoms with van der Waals surface area (Å²) in [4.78, 5) is 17.7. The second-order valence-electron chi connectivity index (χ2n) is 4.81. The van der Waals surface area contributed by atoms with Crippen LogP contribution in [0.2, 0.25) is 0 Å². The highest BCUT2D eigenvalue weighted by Gasteiger charge is 2.13. The average molecular weight is 287 g/mol. The number of aromatic nitrogens is 1. The van der Waals surface area contributed by atoms with Crippen molar-refractivity contribution in [1.82, 2.24) is 10.3 Å². The number of nitrogens with zero attached hydrogens (tertiary/aromatic N) is 1. The Kier molecular flexibility index (Phi) is 3.69. The molecule has 1 aromatic carbocycles. The maximum Gasteiger partial charge on any atom is 0.251 e. The number of nitrogens with one attached hydrogen (secondary N) is 2. The fourth-order valence-corrected chi connectivity index (χ4v) is 3.09. The number of amides is 1. The van der Waals surface area contributed by atoms with Gasteiger partial charge < -0.3 is 10.6 Å². The number of rotatable bonds is 4. The van der Waals surface area contributed by atoms with Crippen molar-refractivity contribution < 1.29 is 4.79 Å². The molecule has 4 nitrogen and oxygen atoms in total. The van der Waals surface area contributed by atoms with E-state index in [1.807, 2.05) is 24.4 Å². The SMILES string of the molecule is CCc1cnc(CNC(=O)c2ccc3c(c2)NCC3)s1. The molecule has 20 heavy (non-hydrogen) atoms. The Labute approximate surface area is 122 Å². The van der Waals surface area contributed by atoms with Crippen LogP contribution in [0.25, 0.3) is 0 Å². The predicted molar refractivity (Wildman–Crippen MR) is 81.3 cm³/mol. The zero-order valence-corrected chi connectivity index (χ0v) is 12.2. The number of hydrogen-bond donors (Lipinski definition) is 2. The molecule has 0 unspecified atom stereocenters. The summed E-state index contributed by atoms with van der Waals surface area (Å²) in [6, 6.07) is 5.85. The van der Waals surface area contributed by atoms with Crippen LogP contribution < -0.4 is 10.6 Å². The molecule has 3 rings (SSSR count). The molecule has 2 aromatic rings. The highest BCUT2D eigenvalue weighted by molar-refractivity contribution is 7.11. The van der Waals surface area contributed by atoms with E-state index in [1.54, 1.807) is 11.3 Å². The van der Waals surface area contributed by atoms with Crippen molar-refractivity contribution in [2.45, 2.75) is 26.3 Å². The van der Waals surface area contributed by atoms with E-state index in [4.69, 9.17) is 0 Å². The molecule has 2 heterocycles. The van der Waals surface area contributed by atoms with Crippen molar-refractivity contribution in [3.63, 3.8) is 0 Å². The fourth-order valence-electron chi connectivity index (χ4n) is 2.28. The molecular weight excluding hydrogens is 270 g/mol. The first-order chi connectivity index (χ1) is 9.76. The Bertz CT molecular complexity index is 636. The third-order valence-corrected chi connectivity index (χ3v) is 4.57. The summed E-state index contributed by atoms with van der Waals surface area (Å²) in [5, 5.41) is 7.17. The average Bonchev–Trinajstić information content (AvgIpc) is 3.12. The van der Waals surface area contributed by atoms with E-state index in [0.29, 0.717) is 12.1 Å². The van der Waals surface area contributed by atoms with Crippen LogP contribution in [0, 0.1) is 0 Å². The smallest absolute Gasteiger partial charge is 0.251 e. The van der Waals surface area contributed by atoms with Gasteiger partial charge in [-0.05, 0) is 30.5 Å². The third kappa shape index (κ3) is 2.67. The molecule has 1 aliphatic heterocycles. The van der Waals surface area contributed by atoms with Crippen LogP contribution in [-0.2, 0) is 19.4 Å². The molecule has 0 saturated heterocycles. The summed E-state index contributed by atoms with van der Waals surface area (Å²) < 4.78 is 0. The molecule has 1 aromatic heterocycles. The molecule has 0 bridgehead atoms. The summed E-state index contributed by atoms with van der Waals surface area (Å²) in [7, 11) is 0. The fraction of sp³-hybridized carbons (Fsp3) is 0.333. The molecule has 1 amide bonds. The Morgan fingerprint density at radius 3 is 3.20 bits per heavy atom. The van der Waals surface area contributed by atoms with Crippen molar-refractivity contribution in [2.24, 2.45) is 0 Å². The van der Waals surface area contributed by atoms with Crippen LogP contribution in [0.1, 0.15) is 32.7 Å². The van der Waals surface area contributed by atoms with Gasteiger partial charge in [0.05, 0.1) is 6.54 Å². The lowest BCUT2D eigenvalue weighted by molar-refractivity contribution is 0.0951. The van der Waals surface area contributed by atoms with E-state index < -0.39 is 0 Å². The zero-order chi connectivity index (χ0) is 13.9. The summed E-state index contributed by atoms with van der Waals surface area (Å²) in [5.74, 6) is -0.0465. The van der Waals surface area contributed by atoms with Gasteiger partial charge in [-0.2, -0.15) is 0 Å². The molecule has 0 saturated carbocycles. The van der Waals surface area contributed by atoms with E-state index >= 15 is 0 Å². The number of hydrogen-bond acceptors (Lipinski definition) is 4. The van der Waals surface area contributed by atoms with E-state index in [0.717, 1.165) is 30.1 Å². The Hall–Kier alpha value is -1.88. The molecule has 0 fully saturated rings. The zero-order valence-electron chi connectivity index (χ0n) is 11.4. The number of anilines is 1. The maximum absolute atomic E-state index is 12.1. The van der Waals surface area contributed by atoms with Crippen molar-refractivity contribution in [2.75, 3.05) is 11.9 Å². The highest BCUT2D eigenvalue weighted by atomic mass is 32.1. The monoisotopic (exact) mass is 287 g/mol. The van der Waals surface area contributed by atoms with Crippen LogP contribution >= 0.6 is 11.3 Å². The van der Waals surface area contributed by atoms with Crippen molar-refractivity contribution in [1.29, 1.82) is 0 Å². The van der Waals surface area contributed by atoms with Crippen molar-refractivity contribution >= 4 is 22.9 Å². The van der Waals surface area contributed by atoms with Gasteiger partial charge in [0, 0.05) is 28.9 Å². The molecule has 0 radical (unpaired) electrons. The second-order valence-corrected chi connectivity index (χ2v) is 6.00. The first kappa shape index (κ1) is 13.1. The van der Waals surface area contributed by atoms with Gasteiger partial charge in [0.25, 0.3) is 5.91 Å². The van der Waals surface area contributed by atoms with Crippen molar-refractivity contribution in [3.05, 3.63) is 45.4 Å². The van der Waals surface area contributed by atoms with E-state index in [9.17, 15) is 4.79 Å². The lowest BCUT2D eigenvalue weighted by Crippen LogP contribution is -2.22. The Morgan fingerprint density at radius 2 is 2.40 bits per heavy atom. The summed E-state index contributed by atoms with van der Waals surface area (Å²) >= 11 is 1.65. The number of fused-ring (bicyclic) bond motifs is 1. The molecule has 0 aliphatic carbocycles. The van der Waals surface area contributed by atoms with Crippen LogP contribution in [0.5, 0.6) is 0 Å².